The van der Waals surface area contributed by atoms with Gasteiger partial charge in [0, 0.05) is 0 Å². The zero-order valence-corrected chi connectivity index (χ0v) is 10.4. The highest BCUT2D eigenvalue weighted by molar-refractivity contribution is 7.98. The normalized spacial score (nSPS) is 27.9. The van der Waals surface area contributed by atoms with Gasteiger partial charge in [0.1, 0.15) is 0 Å². The van der Waals surface area contributed by atoms with E-state index in [-0.39, 0.29) is 0 Å². The van der Waals surface area contributed by atoms with Crippen LogP contribution >= 0.6 is 11.8 Å². The minimum Gasteiger partial charge on any atom is -0.304 e. The molecule has 0 amide bonds. The van der Waals surface area contributed by atoms with Crippen LogP contribution in [0.4, 0.5) is 0 Å². The van der Waals surface area contributed by atoms with Gasteiger partial charge in [-0.15, -0.1) is 0 Å². The van der Waals surface area contributed by atoms with Crippen LogP contribution < -0.4 is 0 Å². The van der Waals surface area contributed by atoms with E-state index in [0.717, 1.165) is 11.3 Å². The Hall–Kier alpha value is 0.310. The Morgan fingerprint density at radius 3 is 2.43 bits per heavy atom. The summed E-state index contributed by atoms with van der Waals surface area (Å²) in [4.78, 5) is 2.60. The van der Waals surface area contributed by atoms with Crippen molar-refractivity contribution >= 4 is 11.8 Å². The van der Waals surface area contributed by atoms with Crippen molar-refractivity contribution in [2.45, 2.75) is 32.6 Å². The van der Waals surface area contributed by atoms with E-state index in [1.54, 1.807) is 0 Å². The lowest BCUT2D eigenvalue weighted by molar-refractivity contribution is -0.00248. The molecule has 0 aromatic rings. The Labute approximate surface area is 92.6 Å². The first-order valence-corrected chi connectivity index (χ1v) is 7.39. The molecule has 82 valence electrons. The quantitative estimate of drug-likeness (QED) is 0.709. The van der Waals surface area contributed by atoms with Crippen molar-refractivity contribution < 1.29 is 0 Å². The van der Waals surface area contributed by atoms with Crippen LogP contribution in [0.15, 0.2) is 0 Å². The van der Waals surface area contributed by atoms with Gasteiger partial charge in [0.05, 0.1) is 0 Å². The van der Waals surface area contributed by atoms with Crippen LogP contribution in [0, 0.1) is 11.3 Å². The third-order valence-corrected chi connectivity index (χ3v) is 5.01. The smallest absolute Gasteiger partial charge is 0.00135 e. The Morgan fingerprint density at radius 2 is 1.93 bits per heavy atom. The molecular formula is C12H23NS. The molecule has 0 aromatic heterocycles. The van der Waals surface area contributed by atoms with E-state index in [1.807, 2.05) is 11.8 Å². The molecule has 2 rings (SSSR count). The fraction of sp³-hybridized carbons (Fsp3) is 1.00. The van der Waals surface area contributed by atoms with E-state index in [0.29, 0.717) is 0 Å². The number of thioether (sulfide) groups is 1. The van der Waals surface area contributed by atoms with E-state index < -0.39 is 0 Å². The van der Waals surface area contributed by atoms with Crippen LogP contribution in [-0.2, 0) is 0 Å². The third-order valence-electron chi connectivity index (χ3n) is 4.21. The lowest BCUT2D eigenvalue weighted by Crippen LogP contribution is -2.47. The third kappa shape index (κ3) is 2.11. The van der Waals surface area contributed by atoms with Crippen molar-refractivity contribution in [3.05, 3.63) is 0 Å². The zero-order chi connectivity index (χ0) is 10.0. The average molecular weight is 213 g/mol. The maximum absolute atomic E-state index is 2.60. The molecule has 0 radical (unpaired) electrons. The predicted octanol–water partition coefficient (Wildman–Crippen LogP) is 2.86. The van der Waals surface area contributed by atoms with Crippen LogP contribution in [0.2, 0.25) is 0 Å². The first kappa shape index (κ1) is 10.8. The van der Waals surface area contributed by atoms with Crippen LogP contribution in [0.25, 0.3) is 0 Å². The molecule has 1 saturated carbocycles. The number of nitrogens with zero attached hydrogens (tertiary/aromatic N) is 1. The van der Waals surface area contributed by atoms with Crippen molar-refractivity contribution in [2.75, 3.05) is 31.6 Å². The molecule has 1 saturated heterocycles. The van der Waals surface area contributed by atoms with Gasteiger partial charge in [-0.2, -0.15) is 11.8 Å². The van der Waals surface area contributed by atoms with Crippen LogP contribution in [0.1, 0.15) is 32.6 Å². The first-order chi connectivity index (χ1) is 6.78. The van der Waals surface area contributed by atoms with Gasteiger partial charge < -0.3 is 4.90 Å². The highest BCUT2D eigenvalue weighted by Crippen LogP contribution is 2.53. The molecule has 1 nitrogen and oxygen atoms in total. The molecule has 0 bridgehead atoms. The number of piperidine rings is 1. The molecule has 0 aromatic carbocycles. The van der Waals surface area contributed by atoms with E-state index in [9.17, 15) is 0 Å². The maximum Gasteiger partial charge on any atom is -0.00135 e. The van der Waals surface area contributed by atoms with Gasteiger partial charge in [-0.25, -0.2) is 0 Å². The fourth-order valence-electron chi connectivity index (χ4n) is 3.27. The summed E-state index contributed by atoms with van der Waals surface area (Å²) in [6.07, 6.45) is 8.26. The number of hydrogen-bond acceptors (Lipinski definition) is 2. The monoisotopic (exact) mass is 213 g/mol. The Morgan fingerprint density at radius 1 is 1.29 bits per heavy atom. The largest absolute Gasteiger partial charge is 0.304 e. The second-order valence-corrected chi connectivity index (χ2v) is 6.07. The number of rotatable bonds is 3. The molecule has 0 atom stereocenters. The van der Waals surface area contributed by atoms with Crippen LogP contribution in [0.5, 0.6) is 0 Å². The Balaban J connectivity index is 1.74. The standard InChI is InChI=1S/C12H23NS/c1-3-13-6-4-12(5-7-13)8-11(9-12)10-14-2/h11H,3-10H2,1-2H3. The van der Waals surface area contributed by atoms with Gasteiger partial charge >= 0.3 is 0 Å². The summed E-state index contributed by atoms with van der Waals surface area (Å²) in [5.41, 5.74) is 0.798. The van der Waals surface area contributed by atoms with Crippen molar-refractivity contribution in [3.63, 3.8) is 0 Å². The Bertz CT molecular complexity index is 169. The summed E-state index contributed by atoms with van der Waals surface area (Å²) >= 11 is 2.03. The predicted molar refractivity (Wildman–Crippen MR) is 64.9 cm³/mol. The van der Waals surface area contributed by atoms with E-state index in [1.165, 1.54) is 51.1 Å². The summed E-state index contributed by atoms with van der Waals surface area (Å²) in [6.45, 7) is 6.27. The van der Waals surface area contributed by atoms with Crippen molar-refractivity contribution in [2.24, 2.45) is 11.3 Å². The summed E-state index contributed by atoms with van der Waals surface area (Å²) < 4.78 is 0. The molecule has 0 N–H and O–H groups in total. The molecule has 1 heterocycles. The Kier molecular flexibility index (Phi) is 3.43. The number of likely N-dealkylation sites (tertiary alicyclic amines) is 1. The number of hydrogen-bond donors (Lipinski definition) is 0. The molecular weight excluding hydrogens is 190 g/mol. The molecule has 2 fully saturated rings. The minimum absolute atomic E-state index is 0.798. The van der Waals surface area contributed by atoms with E-state index in [4.69, 9.17) is 0 Å². The molecule has 1 spiro atoms. The highest BCUT2D eigenvalue weighted by atomic mass is 32.2. The molecule has 1 aliphatic carbocycles. The van der Waals surface area contributed by atoms with Gasteiger partial charge in [0.25, 0.3) is 0 Å². The molecule has 14 heavy (non-hydrogen) atoms. The van der Waals surface area contributed by atoms with Crippen molar-refractivity contribution in [1.82, 2.24) is 4.90 Å². The summed E-state index contributed by atoms with van der Waals surface area (Å²) in [5.74, 6) is 2.46. The van der Waals surface area contributed by atoms with Gasteiger partial charge in [0.15, 0.2) is 0 Å². The molecule has 1 aliphatic heterocycles. The summed E-state index contributed by atoms with van der Waals surface area (Å²) in [5, 5.41) is 0. The van der Waals surface area contributed by atoms with Gasteiger partial charge in [-0.05, 0) is 68.7 Å². The van der Waals surface area contributed by atoms with Crippen molar-refractivity contribution in [3.8, 4) is 0 Å². The van der Waals surface area contributed by atoms with Crippen molar-refractivity contribution in [1.29, 1.82) is 0 Å². The van der Waals surface area contributed by atoms with Gasteiger partial charge in [0.2, 0.25) is 0 Å². The average Bonchev–Trinajstić information content (AvgIpc) is 2.17. The van der Waals surface area contributed by atoms with E-state index >= 15 is 0 Å². The highest BCUT2D eigenvalue weighted by Gasteiger charge is 2.44. The zero-order valence-electron chi connectivity index (χ0n) is 9.59. The molecule has 2 aliphatic rings. The van der Waals surface area contributed by atoms with Crippen LogP contribution in [-0.4, -0.2) is 36.5 Å². The van der Waals surface area contributed by atoms with Gasteiger partial charge in [-0.3, -0.25) is 0 Å². The SMILES string of the molecule is CCN1CCC2(CC1)CC(CSC)C2. The lowest BCUT2D eigenvalue weighted by Gasteiger charge is -2.52. The maximum atomic E-state index is 2.60. The van der Waals surface area contributed by atoms with E-state index in [2.05, 4.69) is 18.1 Å². The topological polar surface area (TPSA) is 3.24 Å². The first-order valence-electron chi connectivity index (χ1n) is 5.99. The molecule has 2 heteroatoms. The minimum atomic E-state index is 0.798. The summed E-state index contributed by atoms with van der Waals surface area (Å²) in [7, 11) is 0. The fourth-order valence-corrected chi connectivity index (χ4v) is 3.98. The second kappa shape index (κ2) is 4.44. The second-order valence-electron chi connectivity index (χ2n) is 5.16. The van der Waals surface area contributed by atoms with Crippen LogP contribution in [0.3, 0.4) is 0 Å². The summed E-state index contributed by atoms with van der Waals surface area (Å²) in [6, 6.07) is 0. The molecule has 0 unspecified atom stereocenters. The lowest BCUT2D eigenvalue weighted by atomic mass is 9.58. The van der Waals surface area contributed by atoms with Gasteiger partial charge in [-0.1, -0.05) is 6.92 Å².